The minimum atomic E-state index is 0.173. The lowest BCUT2D eigenvalue weighted by atomic mass is 9.89. The van der Waals surface area contributed by atoms with Crippen LogP contribution in [0.1, 0.15) is 30.7 Å². The largest absolute Gasteiger partial charge is 0.486 e. The van der Waals surface area contributed by atoms with E-state index in [4.69, 9.17) is 9.47 Å². The fourth-order valence-electron chi connectivity index (χ4n) is 3.75. The van der Waals surface area contributed by atoms with Crippen LogP contribution in [-0.4, -0.2) is 37.2 Å². The van der Waals surface area contributed by atoms with Gasteiger partial charge in [0, 0.05) is 13.0 Å². The van der Waals surface area contributed by atoms with Crippen molar-refractivity contribution in [1.29, 1.82) is 0 Å². The van der Waals surface area contributed by atoms with E-state index in [1.165, 1.54) is 31.5 Å². The van der Waals surface area contributed by atoms with Crippen LogP contribution in [-0.2, 0) is 0 Å². The maximum absolute atomic E-state index is 6.06. The first-order valence-electron chi connectivity index (χ1n) is 9.04. The van der Waals surface area contributed by atoms with E-state index in [-0.39, 0.29) is 6.10 Å². The predicted octanol–water partition coefficient (Wildman–Crippen LogP) is 4.10. The molecule has 1 saturated heterocycles. The Morgan fingerprint density at radius 2 is 1.58 bits per heavy atom. The first-order valence-corrected chi connectivity index (χ1v) is 9.04. The standard InChI is InChI=1S/C21H25NO2/c1-2-6-17(7-3-1)18-10-13-22(14-11-18)15-12-19-16-23-20-8-4-5-9-21(20)24-19/h1-9,18-19H,10-16H2. The zero-order chi connectivity index (χ0) is 16.2. The van der Waals surface area contributed by atoms with Gasteiger partial charge in [-0.05, 0) is 49.5 Å². The van der Waals surface area contributed by atoms with Crippen molar-refractivity contribution in [3.8, 4) is 11.5 Å². The van der Waals surface area contributed by atoms with Crippen LogP contribution in [0.2, 0.25) is 0 Å². The summed E-state index contributed by atoms with van der Waals surface area (Å²) in [5.74, 6) is 2.48. The lowest BCUT2D eigenvalue weighted by Crippen LogP contribution is -2.38. The third-order valence-corrected chi connectivity index (χ3v) is 5.19. The number of nitrogens with zero attached hydrogens (tertiary/aromatic N) is 1. The molecule has 4 rings (SSSR count). The molecule has 0 N–H and O–H groups in total. The van der Waals surface area contributed by atoms with E-state index >= 15 is 0 Å². The number of piperidine rings is 1. The van der Waals surface area contributed by atoms with Crippen LogP contribution in [0.25, 0.3) is 0 Å². The second kappa shape index (κ2) is 7.27. The van der Waals surface area contributed by atoms with Crippen LogP contribution < -0.4 is 9.47 Å². The zero-order valence-corrected chi connectivity index (χ0v) is 14.1. The summed E-state index contributed by atoms with van der Waals surface area (Å²) in [7, 11) is 0. The highest BCUT2D eigenvalue weighted by molar-refractivity contribution is 5.40. The van der Waals surface area contributed by atoms with Crippen molar-refractivity contribution in [2.75, 3.05) is 26.2 Å². The highest BCUT2D eigenvalue weighted by Gasteiger charge is 2.24. The van der Waals surface area contributed by atoms with Crippen molar-refractivity contribution in [1.82, 2.24) is 4.90 Å². The minimum absolute atomic E-state index is 0.173. The third kappa shape index (κ3) is 3.57. The van der Waals surface area contributed by atoms with Crippen LogP contribution in [0.15, 0.2) is 54.6 Å². The van der Waals surface area contributed by atoms with Crippen LogP contribution in [0.4, 0.5) is 0 Å². The lowest BCUT2D eigenvalue weighted by Gasteiger charge is -2.34. The molecular formula is C21H25NO2. The molecule has 0 radical (unpaired) electrons. The van der Waals surface area contributed by atoms with Crippen LogP contribution >= 0.6 is 0 Å². The molecule has 1 unspecified atom stereocenters. The van der Waals surface area contributed by atoms with Gasteiger partial charge in [-0.2, -0.15) is 0 Å². The number of rotatable bonds is 4. The van der Waals surface area contributed by atoms with Gasteiger partial charge < -0.3 is 14.4 Å². The number of para-hydroxylation sites is 2. The molecule has 0 saturated carbocycles. The fourth-order valence-corrected chi connectivity index (χ4v) is 3.75. The Labute approximate surface area is 144 Å². The lowest BCUT2D eigenvalue weighted by molar-refractivity contribution is 0.0719. The van der Waals surface area contributed by atoms with Gasteiger partial charge in [-0.25, -0.2) is 0 Å². The Bertz CT molecular complexity index is 650. The summed E-state index contributed by atoms with van der Waals surface area (Å²) in [6, 6.07) is 18.9. The van der Waals surface area contributed by atoms with Gasteiger partial charge in [-0.3, -0.25) is 0 Å². The topological polar surface area (TPSA) is 21.7 Å². The molecule has 126 valence electrons. The third-order valence-electron chi connectivity index (χ3n) is 5.19. The Morgan fingerprint density at radius 3 is 2.38 bits per heavy atom. The summed E-state index contributed by atoms with van der Waals surface area (Å²) in [4.78, 5) is 2.57. The highest BCUT2D eigenvalue weighted by atomic mass is 16.6. The maximum Gasteiger partial charge on any atom is 0.161 e. The zero-order valence-electron chi connectivity index (χ0n) is 14.1. The van der Waals surface area contributed by atoms with Gasteiger partial charge >= 0.3 is 0 Å². The average molecular weight is 323 g/mol. The average Bonchev–Trinajstić information content (AvgIpc) is 2.67. The van der Waals surface area contributed by atoms with Gasteiger partial charge in [0.15, 0.2) is 11.5 Å². The summed E-state index contributed by atoms with van der Waals surface area (Å²) in [5.41, 5.74) is 1.50. The van der Waals surface area contributed by atoms with Crippen molar-refractivity contribution in [3.63, 3.8) is 0 Å². The SMILES string of the molecule is c1ccc(C2CCN(CCC3COc4ccccc4O3)CC2)cc1. The molecule has 2 heterocycles. The monoisotopic (exact) mass is 323 g/mol. The molecule has 2 aliphatic heterocycles. The predicted molar refractivity (Wildman–Crippen MR) is 95.8 cm³/mol. The summed E-state index contributed by atoms with van der Waals surface area (Å²) in [6.45, 7) is 4.13. The van der Waals surface area contributed by atoms with Gasteiger partial charge in [0.1, 0.15) is 12.7 Å². The van der Waals surface area contributed by atoms with Crippen LogP contribution in [0.5, 0.6) is 11.5 Å². The van der Waals surface area contributed by atoms with Gasteiger partial charge in [0.25, 0.3) is 0 Å². The fraction of sp³-hybridized carbons (Fsp3) is 0.429. The smallest absolute Gasteiger partial charge is 0.161 e. The molecule has 1 fully saturated rings. The van der Waals surface area contributed by atoms with E-state index in [0.29, 0.717) is 6.61 Å². The Kier molecular flexibility index (Phi) is 4.70. The molecule has 0 aliphatic carbocycles. The summed E-state index contributed by atoms with van der Waals surface area (Å²) in [6.07, 6.45) is 3.72. The van der Waals surface area contributed by atoms with Crippen molar-refractivity contribution in [2.24, 2.45) is 0 Å². The molecule has 24 heavy (non-hydrogen) atoms. The van der Waals surface area contributed by atoms with E-state index in [2.05, 4.69) is 35.2 Å². The van der Waals surface area contributed by atoms with E-state index in [1.807, 2.05) is 24.3 Å². The Hall–Kier alpha value is -2.00. The van der Waals surface area contributed by atoms with Crippen molar-refractivity contribution >= 4 is 0 Å². The molecule has 3 heteroatoms. The molecule has 3 nitrogen and oxygen atoms in total. The van der Waals surface area contributed by atoms with E-state index in [9.17, 15) is 0 Å². The second-order valence-corrected chi connectivity index (χ2v) is 6.81. The molecular weight excluding hydrogens is 298 g/mol. The molecule has 1 atom stereocenters. The molecule has 0 bridgehead atoms. The van der Waals surface area contributed by atoms with E-state index in [1.54, 1.807) is 0 Å². The number of hydrogen-bond acceptors (Lipinski definition) is 3. The van der Waals surface area contributed by atoms with E-state index in [0.717, 1.165) is 30.4 Å². The second-order valence-electron chi connectivity index (χ2n) is 6.81. The maximum atomic E-state index is 6.06. The number of ether oxygens (including phenoxy) is 2. The quantitative estimate of drug-likeness (QED) is 0.846. The first-order chi connectivity index (χ1) is 11.9. The number of hydrogen-bond donors (Lipinski definition) is 0. The number of benzene rings is 2. The Balaban J connectivity index is 1.24. The molecule has 0 amide bonds. The molecule has 0 aromatic heterocycles. The first kappa shape index (κ1) is 15.5. The highest BCUT2D eigenvalue weighted by Crippen LogP contribution is 2.32. The van der Waals surface area contributed by atoms with Crippen LogP contribution in [0.3, 0.4) is 0 Å². The Morgan fingerprint density at radius 1 is 0.875 bits per heavy atom. The summed E-state index contributed by atoms with van der Waals surface area (Å²) in [5, 5.41) is 0. The van der Waals surface area contributed by atoms with Crippen LogP contribution in [0, 0.1) is 0 Å². The molecule has 0 spiro atoms. The van der Waals surface area contributed by atoms with Gasteiger partial charge in [0.2, 0.25) is 0 Å². The minimum Gasteiger partial charge on any atom is -0.486 e. The number of fused-ring (bicyclic) bond motifs is 1. The van der Waals surface area contributed by atoms with Gasteiger partial charge in [-0.15, -0.1) is 0 Å². The van der Waals surface area contributed by atoms with Gasteiger partial charge in [-0.1, -0.05) is 42.5 Å². The van der Waals surface area contributed by atoms with Gasteiger partial charge in [0.05, 0.1) is 0 Å². The molecule has 2 aromatic rings. The van der Waals surface area contributed by atoms with Crippen molar-refractivity contribution < 1.29 is 9.47 Å². The summed E-state index contributed by atoms with van der Waals surface area (Å²) >= 11 is 0. The van der Waals surface area contributed by atoms with E-state index < -0.39 is 0 Å². The molecule has 2 aliphatic rings. The summed E-state index contributed by atoms with van der Waals surface area (Å²) < 4.78 is 11.9. The van der Waals surface area contributed by atoms with Crippen molar-refractivity contribution in [3.05, 3.63) is 60.2 Å². The number of likely N-dealkylation sites (tertiary alicyclic amines) is 1. The molecule has 2 aromatic carbocycles. The normalized spacial score (nSPS) is 21.6. The van der Waals surface area contributed by atoms with Crippen molar-refractivity contribution in [2.45, 2.75) is 31.3 Å².